The lowest BCUT2D eigenvalue weighted by Gasteiger charge is -2.08. The van der Waals surface area contributed by atoms with Gasteiger partial charge in [-0.2, -0.15) is 10.4 Å². The van der Waals surface area contributed by atoms with E-state index in [-0.39, 0.29) is 0 Å². The maximum atomic E-state index is 9.02. The number of hydrogen-bond acceptors (Lipinski definition) is 4. The topological polar surface area (TPSA) is 74.4 Å². The summed E-state index contributed by atoms with van der Waals surface area (Å²) in [4.78, 5) is 0. The smallest absolute Gasteiger partial charge is 0.191 e. The number of aromatic nitrogens is 1. The minimum atomic E-state index is 0.379. The molecule has 0 radical (unpaired) electrons. The van der Waals surface area contributed by atoms with Gasteiger partial charge in [0.2, 0.25) is 0 Å². The first-order chi connectivity index (χ1) is 11.5. The molecule has 1 heterocycles. The van der Waals surface area contributed by atoms with Crippen molar-refractivity contribution in [3.05, 3.63) is 47.3 Å². The zero-order valence-corrected chi connectivity index (χ0v) is 14.6. The van der Waals surface area contributed by atoms with Crippen molar-refractivity contribution in [2.24, 2.45) is 12.1 Å². The van der Waals surface area contributed by atoms with E-state index in [1.807, 2.05) is 49.7 Å². The molecule has 0 amide bonds. The second-order valence-electron chi connectivity index (χ2n) is 5.02. The summed E-state index contributed by atoms with van der Waals surface area (Å²) in [6.07, 6.45) is 1.64. The minimum Gasteiger partial charge on any atom is -0.494 e. The predicted octanol–water partition coefficient (Wildman–Crippen LogP) is 2.92. The van der Waals surface area contributed by atoms with Gasteiger partial charge in [0.05, 0.1) is 12.8 Å². The lowest BCUT2D eigenvalue weighted by atomic mass is 10.3. The quantitative estimate of drug-likeness (QED) is 0.497. The molecule has 1 aromatic heterocycles. The molecule has 0 fully saturated rings. The van der Waals surface area contributed by atoms with Crippen molar-refractivity contribution in [3.63, 3.8) is 0 Å². The van der Waals surface area contributed by atoms with Gasteiger partial charge in [0.1, 0.15) is 17.5 Å². The van der Waals surface area contributed by atoms with Crippen molar-refractivity contribution in [1.29, 1.82) is 5.26 Å². The third kappa shape index (κ3) is 4.33. The highest BCUT2D eigenvalue weighted by Crippen LogP contribution is 2.15. The second kappa shape index (κ2) is 8.13. The van der Waals surface area contributed by atoms with Crippen LogP contribution in [0.2, 0.25) is 0 Å². The van der Waals surface area contributed by atoms with Crippen molar-refractivity contribution in [2.45, 2.75) is 13.8 Å². The number of thiocarbonyl (C=S) groups is 1. The van der Waals surface area contributed by atoms with E-state index in [2.05, 4.69) is 21.9 Å². The zero-order chi connectivity index (χ0) is 17.5. The first-order valence-corrected chi connectivity index (χ1v) is 7.85. The second-order valence-corrected chi connectivity index (χ2v) is 5.43. The van der Waals surface area contributed by atoms with Crippen LogP contribution in [-0.2, 0) is 7.05 Å². The molecule has 0 saturated carbocycles. The molecule has 0 aliphatic rings. The third-order valence-corrected chi connectivity index (χ3v) is 3.68. The molecule has 2 rings (SSSR count). The Morgan fingerprint density at radius 2 is 2.12 bits per heavy atom. The molecule has 0 aliphatic carbocycles. The Bertz CT molecular complexity index is 787. The summed E-state index contributed by atoms with van der Waals surface area (Å²) in [5, 5.41) is 16.5. The minimum absolute atomic E-state index is 0.379. The fraction of sp³-hybridized carbons (Fsp3) is 0.235. The van der Waals surface area contributed by atoms with Crippen LogP contribution in [0.1, 0.15) is 23.9 Å². The number of hydrazone groups is 1. The molecule has 0 bridgehead atoms. The first kappa shape index (κ1) is 17.5. The summed E-state index contributed by atoms with van der Waals surface area (Å²) in [6.45, 7) is 4.50. The summed E-state index contributed by atoms with van der Waals surface area (Å²) in [7, 11) is 1.84. The number of rotatable bonds is 5. The van der Waals surface area contributed by atoms with Gasteiger partial charge >= 0.3 is 0 Å². The molecule has 1 aromatic carbocycles. The number of anilines is 1. The Balaban J connectivity index is 1.92. The average molecular weight is 341 g/mol. The van der Waals surface area contributed by atoms with E-state index in [0.29, 0.717) is 17.4 Å². The van der Waals surface area contributed by atoms with Gasteiger partial charge in [0, 0.05) is 24.0 Å². The molecule has 0 atom stereocenters. The molecule has 2 aromatic rings. The maximum absolute atomic E-state index is 9.02. The van der Waals surface area contributed by atoms with Crippen molar-refractivity contribution < 1.29 is 4.74 Å². The van der Waals surface area contributed by atoms with Gasteiger partial charge < -0.3 is 14.6 Å². The SMILES string of the molecule is CCOc1ccc(NC(=S)N/N=C\c2cc(C#N)n(C)c2C)cc1. The molecule has 7 heteroatoms. The van der Waals surface area contributed by atoms with E-state index in [1.165, 1.54) is 0 Å². The highest BCUT2D eigenvalue weighted by molar-refractivity contribution is 7.80. The Morgan fingerprint density at radius 1 is 1.42 bits per heavy atom. The van der Waals surface area contributed by atoms with Crippen LogP contribution in [0.15, 0.2) is 35.4 Å². The van der Waals surface area contributed by atoms with E-state index < -0.39 is 0 Å². The highest BCUT2D eigenvalue weighted by Gasteiger charge is 2.06. The van der Waals surface area contributed by atoms with Gasteiger partial charge in [-0.05, 0) is 56.4 Å². The highest BCUT2D eigenvalue weighted by atomic mass is 32.1. The van der Waals surface area contributed by atoms with E-state index in [1.54, 1.807) is 12.3 Å². The Kier molecular flexibility index (Phi) is 5.93. The molecule has 2 N–H and O–H groups in total. The van der Waals surface area contributed by atoms with E-state index in [9.17, 15) is 0 Å². The molecule has 124 valence electrons. The number of benzene rings is 1. The Morgan fingerprint density at radius 3 is 2.71 bits per heavy atom. The fourth-order valence-electron chi connectivity index (χ4n) is 2.08. The molecular weight excluding hydrogens is 322 g/mol. The van der Waals surface area contributed by atoms with Gasteiger partial charge in [0.25, 0.3) is 0 Å². The monoisotopic (exact) mass is 341 g/mol. The van der Waals surface area contributed by atoms with E-state index >= 15 is 0 Å². The van der Waals surface area contributed by atoms with Crippen LogP contribution in [0, 0.1) is 18.3 Å². The van der Waals surface area contributed by atoms with Gasteiger partial charge in [-0.1, -0.05) is 0 Å². The number of nitriles is 1. The maximum Gasteiger partial charge on any atom is 0.191 e. The molecule has 0 unspecified atom stereocenters. The summed E-state index contributed by atoms with van der Waals surface area (Å²) < 4.78 is 7.20. The lowest BCUT2D eigenvalue weighted by Crippen LogP contribution is -2.23. The van der Waals surface area contributed by atoms with Crippen LogP contribution in [0.5, 0.6) is 5.75 Å². The first-order valence-electron chi connectivity index (χ1n) is 7.44. The van der Waals surface area contributed by atoms with Crippen LogP contribution in [-0.4, -0.2) is 22.5 Å². The molecule has 6 nitrogen and oxygen atoms in total. The number of nitrogens with one attached hydrogen (secondary N) is 2. The van der Waals surface area contributed by atoms with Crippen molar-refractivity contribution >= 4 is 29.2 Å². The van der Waals surface area contributed by atoms with Crippen LogP contribution in [0.3, 0.4) is 0 Å². The lowest BCUT2D eigenvalue weighted by molar-refractivity contribution is 0.340. The summed E-state index contributed by atoms with van der Waals surface area (Å²) in [6, 6.07) is 11.4. The largest absolute Gasteiger partial charge is 0.494 e. The van der Waals surface area contributed by atoms with E-state index in [0.717, 1.165) is 22.7 Å². The van der Waals surface area contributed by atoms with Crippen LogP contribution >= 0.6 is 12.2 Å². The van der Waals surface area contributed by atoms with Gasteiger partial charge in [-0.15, -0.1) is 0 Å². The van der Waals surface area contributed by atoms with Crippen LogP contribution in [0.25, 0.3) is 0 Å². The molecular formula is C17H19N5OS. The summed E-state index contributed by atoms with van der Waals surface area (Å²) >= 11 is 5.20. The molecule has 0 saturated heterocycles. The normalized spacial score (nSPS) is 10.4. The van der Waals surface area contributed by atoms with Crippen molar-refractivity contribution in [2.75, 3.05) is 11.9 Å². The van der Waals surface area contributed by atoms with Crippen molar-refractivity contribution in [1.82, 2.24) is 9.99 Å². The van der Waals surface area contributed by atoms with Crippen LogP contribution in [0.4, 0.5) is 5.69 Å². The van der Waals surface area contributed by atoms with E-state index in [4.69, 9.17) is 22.2 Å². The van der Waals surface area contributed by atoms with Gasteiger partial charge in [-0.25, -0.2) is 0 Å². The van der Waals surface area contributed by atoms with Gasteiger partial charge in [-0.3, -0.25) is 5.43 Å². The predicted molar refractivity (Wildman–Crippen MR) is 99.4 cm³/mol. The van der Waals surface area contributed by atoms with Crippen LogP contribution < -0.4 is 15.5 Å². The van der Waals surface area contributed by atoms with Crippen molar-refractivity contribution in [3.8, 4) is 11.8 Å². The Hall–Kier alpha value is -2.85. The van der Waals surface area contributed by atoms with Gasteiger partial charge in [0.15, 0.2) is 5.11 Å². The standard InChI is InChI=1S/C17H19N5OS/c1-4-23-16-7-5-14(6-8-16)20-17(24)21-19-11-13-9-15(10-18)22(3)12(13)2/h5-9,11H,4H2,1-3H3,(H2,20,21,24)/b19-11-. The third-order valence-electron chi connectivity index (χ3n) is 3.48. The Labute approximate surface area is 146 Å². The summed E-state index contributed by atoms with van der Waals surface area (Å²) in [5.74, 6) is 0.813. The number of nitrogens with zero attached hydrogens (tertiary/aromatic N) is 3. The zero-order valence-electron chi connectivity index (χ0n) is 13.8. The fourth-order valence-corrected chi connectivity index (χ4v) is 2.25. The average Bonchev–Trinajstić information content (AvgIpc) is 2.85. The molecule has 0 aliphatic heterocycles. The summed E-state index contributed by atoms with van der Waals surface area (Å²) in [5.41, 5.74) is 6.02. The number of ether oxygens (including phenoxy) is 1. The number of hydrogen-bond donors (Lipinski definition) is 2. The molecule has 0 spiro atoms. The molecule has 24 heavy (non-hydrogen) atoms.